The quantitative estimate of drug-likeness (QED) is 0.360. The summed E-state index contributed by atoms with van der Waals surface area (Å²) in [7, 11) is 1.48. The maximum Gasteiger partial charge on any atom is 0.418 e. The summed E-state index contributed by atoms with van der Waals surface area (Å²) in [4.78, 5) is 30.1. The van der Waals surface area contributed by atoms with Crippen LogP contribution in [0.15, 0.2) is 60.9 Å². The van der Waals surface area contributed by atoms with Gasteiger partial charge in [-0.15, -0.1) is 0 Å². The summed E-state index contributed by atoms with van der Waals surface area (Å²) in [5.41, 5.74) is 0.324. The molecular weight excluding hydrogens is 499 g/mol. The molecule has 0 unspecified atom stereocenters. The lowest BCUT2D eigenvalue weighted by atomic mass is 9.80. The summed E-state index contributed by atoms with van der Waals surface area (Å²) in [6.45, 7) is 2.29. The van der Waals surface area contributed by atoms with Gasteiger partial charge in [0.05, 0.1) is 36.6 Å². The lowest BCUT2D eigenvalue weighted by Crippen LogP contribution is -2.42. The Morgan fingerprint density at radius 1 is 1.11 bits per heavy atom. The van der Waals surface area contributed by atoms with Crippen LogP contribution in [0.1, 0.15) is 39.9 Å². The fourth-order valence-electron chi connectivity index (χ4n) is 4.33. The van der Waals surface area contributed by atoms with Gasteiger partial charge in [-0.1, -0.05) is 23.8 Å². The van der Waals surface area contributed by atoms with E-state index in [1.807, 2.05) is 0 Å². The zero-order valence-electron chi connectivity index (χ0n) is 21.0. The molecule has 7 nitrogen and oxygen atoms in total. The number of carbonyl (C=O) groups excluding carboxylic acids is 2. The van der Waals surface area contributed by atoms with Crippen molar-refractivity contribution in [3.63, 3.8) is 0 Å². The fraction of sp³-hybridized carbons (Fsp3) is 0.321. The number of methoxy groups -OCH3 is 1. The van der Waals surface area contributed by atoms with E-state index in [1.165, 1.54) is 25.6 Å². The molecule has 1 fully saturated rings. The molecule has 10 heteroatoms. The fourth-order valence-corrected chi connectivity index (χ4v) is 4.33. The van der Waals surface area contributed by atoms with Gasteiger partial charge < -0.3 is 20.1 Å². The minimum absolute atomic E-state index is 0.0331. The van der Waals surface area contributed by atoms with Crippen LogP contribution in [0.2, 0.25) is 0 Å². The van der Waals surface area contributed by atoms with Crippen molar-refractivity contribution >= 4 is 23.1 Å². The lowest BCUT2D eigenvalue weighted by Gasteiger charge is -2.25. The highest BCUT2D eigenvalue weighted by Crippen LogP contribution is 2.37. The van der Waals surface area contributed by atoms with Gasteiger partial charge in [0.15, 0.2) is 5.78 Å². The van der Waals surface area contributed by atoms with Crippen LogP contribution in [0.4, 0.5) is 24.5 Å². The number of aromatic nitrogens is 1. The largest absolute Gasteiger partial charge is 0.495 e. The number of ether oxygens (including phenoxy) is 2. The zero-order chi connectivity index (χ0) is 27.3. The molecule has 0 radical (unpaired) electrons. The normalized spacial score (nSPS) is 17.2. The highest BCUT2D eigenvalue weighted by Gasteiger charge is 2.44. The van der Waals surface area contributed by atoms with Crippen molar-refractivity contribution in [1.82, 2.24) is 10.3 Å². The minimum atomic E-state index is -4.48. The number of amides is 1. The van der Waals surface area contributed by atoms with E-state index in [-0.39, 0.29) is 37.0 Å². The Bertz CT molecular complexity index is 1300. The second-order valence-electron chi connectivity index (χ2n) is 9.35. The van der Waals surface area contributed by atoms with Crippen LogP contribution in [0, 0.1) is 12.3 Å². The van der Waals surface area contributed by atoms with Crippen LogP contribution < -0.4 is 15.4 Å². The van der Waals surface area contributed by atoms with Crippen LogP contribution in [-0.2, 0) is 22.3 Å². The molecule has 4 rings (SSSR count). The molecule has 1 aromatic heterocycles. The third-order valence-corrected chi connectivity index (χ3v) is 6.52. The molecule has 1 aliphatic heterocycles. The second-order valence-corrected chi connectivity index (χ2v) is 9.35. The minimum Gasteiger partial charge on any atom is -0.495 e. The van der Waals surface area contributed by atoms with E-state index in [0.29, 0.717) is 35.6 Å². The summed E-state index contributed by atoms with van der Waals surface area (Å²) in [6.07, 6.45) is -1.18. The summed E-state index contributed by atoms with van der Waals surface area (Å²) in [5, 5.41) is 5.70. The highest BCUT2D eigenvalue weighted by atomic mass is 19.4. The van der Waals surface area contributed by atoms with Gasteiger partial charge in [0, 0.05) is 37.0 Å². The third kappa shape index (κ3) is 6.31. The van der Waals surface area contributed by atoms with E-state index < -0.39 is 17.2 Å². The predicted molar refractivity (Wildman–Crippen MR) is 135 cm³/mol. The molecule has 0 spiro atoms. The van der Waals surface area contributed by atoms with Crippen LogP contribution in [0.25, 0.3) is 0 Å². The molecule has 38 heavy (non-hydrogen) atoms. The van der Waals surface area contributed by atoms with E-state index in [0.717, 1.165) is 11.6 Å². The average Bonchev–Trinajstić information content (AvgIpc) is 3.38. The van der Waals surface area contributed by atoms with Crippen LogP contribution in [0.3, 0.4) is 0 Å². The lowest BCUT2D eigenvalue weighted by molar-refractivity contribution is -0.137. The Morgan fingerprint density at radius 3 is 2.53 bits per heavy atom. The number of nitrogens with zero attached hydrogens (tertiary/aromatic N) is 1. The average molecular weight is 528 g/mol. The monoisotopic (exact) mass is 527 g/mol. The second kappa shape index (κ2) is 11.2. The maximum atomic E-state index is 13.4. The van der Waals surface area contributed by atoms with Crippen molar-refractivity contribution in [2.75, 3.05) is 25.6 Å². The number of benzene rings is 2. The number of Topliss-reactive ketones (excluding diaryl/α,β-unsaturated/α-hetero) is 1. The van der Waals surface area contributed by atoms with E-state index in [1.54, 1.807) is 43.3 Å². The van der Waals surface area contributed by atoms with Gasteiger partial charge in [-0.05, 0) is 49.2 Å². The van der Waals surface area contributed by atoms with E-state index in [4.69, 9.17) is 9.47 Å². The Balaban J connectivity index is 1.40. The molecule has 1 atom stereocenters. The zero-order valence-corrected chi connectivity index (χ0v) is 21.0. The van der Waals surface area contributed by atoms with E-state index in [9.17, 15) is 22.8 Å². The number of alkyl halides is 3. The van der Waals surface area contributed by atoms with E-state index >= 15 is 0 Å². The maximum absolute atomic E-state index is 13.4. The van der Waals surface area contributed by atoms with Crippen molar-refractivity contribution in [3.05, 3.63) is 83.2 Å². The summed E-state index contributed by atoms with van der Waals surface area (Å²) >= 11 is 0. The number of nitrogens with one attached hydrogen (secondary N) is 2. The summed E-state index contributed by atoms with van der Waals surface area (Å²) in [5.74, 6) is -0.0790. The number of anilines is 2. The Hall–Kier alpha value is -3.92. The Morgan fingerprint density at radius 2 is 1.87 bits per heavy atom. The Labute approximate surface area is 218 Å². The number of pyridine rings is 1. The molecule has 2 aromatic carbocycles. The van der Waals surface area contributed by atoms with Gasteiger partial charge in [-0.25, -0.2) is 0 Å². The Kier molecular flexibility index (Phi) is 8.01. The first-order valence-corrected chi connectivity index (χ1v) is 12.0. The van der Waals surface area contributed by atoms with Gasteiger partial charge in [-0.3, -0.25) is 14.6 Å². The van der Waals surface area contributed by atoms with Crippen LogP contribution in [0.5, 0.6) is 5.75 Å². The van der Waals surface area contributed by atoms with E-state index in [2.05, 4.69) is 15.6 Å². The molecule has 0 bridgehead atoms. The van der Waals surface area contributed by atoms with Crippen molar-refractivity contribution < 1.29 is 32.2 Å². The first-order valence-electron chi connectivity index (χ1n) is 12.0. The molecule has 1 amide bonds. The van der Waals surface area contributed by atoms with Crippen molar-refractivity contribution in [2.24, 2.45) is 5.41 Å². The smallest absolute Gasteiger partial charge is 0.418 e. The topological polar surface area (TPSA) is 89.5 Å². The molecule has 2 heterocycles. The molecule has 1 aliphatic rings. The molecule has 3 aromatic rings. The molecule has 200 valence electrons. The van der Waals surface area contributed by atoms with Crippen LogP contribution in [-0.4, -0.2) is 37.0 Å². The number of rotatable bonds is 9. The van der Waals surface area contributed by atoms with Crippen molar-refractivity contribution in [3.8, 4) is 5.75 Å². The molecule has 0 saturated carbocycles. The van der Waals surface area contributed by atoms with Crippen molar-refractivity contribution in [1.29, 1.82) is 0 Å². The first kappa shape index (κ1) is 27.1. The molecular formula is C28H28F3N3O4. The van der Waals surface area contributed by atoms with Gasteiger partial charge in [-0.2, -0.15) is 13.2 Å². The van der Waals surface area contributed by atoms with Gasteiger partial charge in [0.1, 0.15) is 5.75 Å². The van der Waals surface area contributed by atoms with Gasteiger partial charge >= 0.3 is 6.18 Å². The summed E-state index contributed by atoms with van der Waals surface area (Å²) in [6, 6.07) is 12.4. The highest BCUT2D eigenvalue weighted by molar-refractivity contribution is 6.00. The summed E-state index contributed by atoms with van der Waals surface area (Å²) < 4.78 is 50.9. The van der Waals surface area contributed by atoms with Gasteiger partial charge in [0.2, 0.25) is 5.91 Å². The molecule has 0 aliphatic carbocycles. The molecule has 2 N–H and O–H groups in total. The number of hydrogen-bond acceptors (Lipinski definition) is 6. The first-order chi connectivity index (χ1) is 18.1. The predicted octanol–water partition coefficient (Wildman–Crippen LogP) is 5.46. The third-order valence-electron chi connectivity index (χ3n) is 6.52. The SMILES string of the molecule is COc1cncc(C(=O)C[C@@]2(C(=O)NCc3ccc(Nc4ccc(C)cc4C(F)(F)F)cc3)CCOC2)c1. The number of ketones is 1. The number of halogens is 3. The van der Waals surface area contributed by atoms with Crippen molar-refractivity contribution in [2.45, 2.75) is 32.5 Å². The standard InChI is InChI=1S/C28H28F3N3O4/c1-18-3-8-24(23(11-18)28(29,30)31)34-21-6-4-19(5-7-21)14-33-26(36)27(9-10-38-17-27)13-25(35)20-12-22(37-2)16-32-15-20/h3-8,11-12,15-16,34H,9-10,13-14,17H2,1-2H3,(H,33,36)/t27-/m0/s1. The number of carbonyl (C=O) groups is 2. The number of hydrogen-bond donors (Lipinski definition) is 2. The number of aryl methyl sites for hydroxylation is 1. The molecule has 1 saturated heterocycles. The van der Waals surface area contributed by atoms with Gasteiger partial charge in [0.25, 0.3) is 0 Å². The van der Waals surface area contributed by atoms with Crippen LogP contribution >= 0.6 is 0 Å².